The van der Waals surface area contributed by atoms with E-state index in [1.54, 1.807) is 0 Å². The Kier molecular flexibility index (Phi) is 3.71. The summed E-state index contributed by atoms with van der Waals surface area (Å²) in [5.41, 5.74) is 5.59. The van der Waals surface area contributed by atoms with E-state index in [0.717, 1.165) is 19.6 Å². The highest BCUT2D eigenvalue weighted by molar-refractivity contribution is 5.84. The number of oxime groups is 1. The van der Waals surface area contributed by atoms with Crippen LogP contribution in [0.2, 0.25) is 0 Å². The first kappa shape index (κ1) is 11.3. The predicted molar refractivity (Wildman–Crippen MR) is 56.5 cm³/mol. The molecule has 5 heteroatoms. The number of nitrogens with two attached hydrogens (primary N) is 1. The van der Waals surface area contributed by atoms with Crippen molar-refractivity contribution in [3.8, 4) is 0 Å². The quantitative estimate of drug-likeness (QED) is 0.279. The van der Waals surface area contributed by atoms with Crippen LogP contribution in [0.15, 0.2) is 5.16 Å². The van der Waals surface area contributed by atoms with Crippen molar-refractivity contribution in [2.45, 2.75) is 25.9 Å². The molecular formula is C9H20N4O. The van der Waals surface area contributed by atoms with Crippen molar-refractivity contribution in [2.75, 3.05) is 26.7 Å². The molecule has 1 rings (SSSR count). The molecule has 0 aliphatic carbocycles. The van der Waals surface area contributed by atoms with E-state index in [4.69, 9.17) is 10.9 Å². The maximum absolute atomic E-state index is 8.60. The number of amidine groups is 1. The summed E-state index contributed by atoms with van der Waals surface area (Å²) in [7, 11) is 2.11. The first-order valence-corrected chi connectivity index (χ1v) is 4.98. The summed E-state index contributed by atoms with van der Waals surface area (Å²) >= 11 is 0. The van der Waals surface area contributed by atoms with Crippen LogP contribution in [0, 0.1) is 0 Å². The second kappa shape index (κ2) is 4.61. The normalized spacial score (nSPS) is 29.1. The Bertz CT molecular complexity index is 219. The third kappa shape index (κ3) is 2.36. The number of hydrogen-bond donors (Lipinski definition) is 2. The molecule has 0 aromatic carbocycles. The van der Waals surface area contributed by atoms with Gasteiger partial charge in [0.25, 0.3) is 0 Å². The minimum absolute atomic E-state index is 0.0173. The highest BCUT2D eigenvalue weighted by Gasteiger charge is 2.27. The standard InChI is InChI=1S/C9H20N4O/c1-7-6-12(3)4-5-13(7)8(2)9(10)11-14/h7-8,14H,4-6H2,1-3H3,(H2,10,11). The molecule has 1 aliphatic rings. The van der Waals surface area contributed by atoms with E-state index in [2.05, 4.69) is 28.9 Å². The molecule has 0 spiro atoms. The number of likely N-dealkylation sites (N-methyl/N-ethyl adjacent to an activating group) is 1. The van der Waals surface area contributed by atoms with Gasteiger partial charge in [-0.2, -0.15) is 0 Å². The molecule has 1 heterocycles. The van der Waals surface area contributed by atoms with Crippen molar-refractivity contribution in [1.82, 2.24) is 9.80 Å². The van der Waals surface area contributed by atoms with Crippen LogP contribution in [-0.4, -0.2) is 59.6 Å². The van der Waals surface area contributed by atoms with Crippen LogP contribution in [0.1, 0.15) is 13.8 Å². The average Bonchev–Trinajstić information content (AvgIpc) is 2.15. The van der Waals surface area contributed by atoms with Gasteiger partial charge < -0.3 is 15.8 Å². The van der Waals surface area contributed by atoms with Crippen molar-refractivity contribution in [3.63, 3.8) is 0 Å². The van der Waals surface area contributed by atoms with Crippen molar-refractivity contribution >= 4 is 5.84 Å². The van der Waals surface area contributed by atoms with Crippen LogP contribution in [-0.2, 0) is 0 Å². The van der Waals surface area contributed by atoms with Gasteiger partial charge in [0.05, 0.1) is 6.04 Å². The summed E-state index contributed by atoms with van der Waals surface area (Å²) in [6.45, 7) is 7.17. The first-order chi connectivity index (χ1) is 6.56. The van der Waals surface area contributed by atoms with Gasteiger partial charge in [0.2, 0.25) is 0 Å². The van der Waals surface area contributed by atoms with Crippen LogP contribution in [0.4, 0.5) is 0 Å². The molecular weight excluding hydrogens is 180 g/mol. The maximum Gasteiger partial charge on any atom is 0.156 e. The van der Waals surface area contributed by atoms with Crippen LogP contribution < -0.4 is 5.73 Å². The maximum atomic E-state index is 8.60. The van der Waals surface area contributed by atoms with Gasteiger partial charge in [-0.15, -0.1) is 0 Å². The van der Waals surface area contributed by atoms with Crippen LogP contribution in [0.5, 0.6) is 0 Å². The van der Waals surface area contributed by atoms with Gasteiger partial charge in [-0.1, -0.05) is 5.16 Å². The first-order valence-electron chi connectivity index (χ1n) is 4.98. The molecule has 1 aliphatic heterocycles. The van der Waals surface area contributed by atoms with E-state index in [1.165, 1.54) is 0 Å². The van der Waals surface area contributed by atoms with Gasteiger partial charge in [-0.3, -0.25) is 4.90 Å². The Morgan fingerprint density at radius 3 is 2.71 bits per heavy atom. The lowest BCUT2D eigenvalue weighted by atomic mass is 10.1. The fourth-order valence-corrected chi connectivity index (χ4v) is 1.98. The van der Waals surface area contributed by atoms with E-state index in [-0.39, 0.29) is 6.04 Å². The van der Waals surface area contributed by atoms with E-state index in [0.29, 0.717) is 11.9 Å². The highest BCUT2D eigenvalue weighted by Crippen LogP contribution is 2.11. The zero-order valence-corrected chi connectivity index (χ0v) is 9.14. The Hall–Kier alpha value is -0.810. The molecule has 5 nitrogen and oxygen atoms in total. The third-order valence-corrected chi connectivity index (χ3v) is 2.92. The number of rotatable bonds is 2. The van der Waals surface area contributed by atoms with Crippen molar-refractivity contribution in [1.29, 1.82) is 0 Å². The smallest absolute Gasteiger partial charge is 0.156 e. The van der Waals surface area contributed by atoms with E-state index >= 15 is 0 Å². The lowest BCUT2D eigenvalue weighted by Gasteiger charge is -2.41. The zero-order valence-electron chi connectivity index (χ0n) is 9.14. The summed E-state index contributed by atoms with van der Waals surface area (Å²) in [5.74, 6) is 0.293. The van der Waals surface area contributed by atoms with Gasteiger partial charge in [0.1, 0.15) is 0 Å². The monoisotopic (exact) mass is 200 g/mol. The fourth-order valence-electron chi connectivity index (χ4n) is 1.98. The van der Waals surface area contributed by atoms with Gasteiger partial charge in [-0.05, 0) is 20.9 Å². The summed E-state index contributed by atoms with van der Waals surface area (Å²) in [4.78, 5) is 4.55. The van der Waals surface area contributed by atoms with Gasteiger partial charge >= 0.3 is 0 Å². The summed E-state index contributed by atoms with van der Waals surface area (Å²) in [5, 5.41) is 11.7. The lowest BCUT2D eigenvalue weighted by molar-refractivity contribution is 0.0874. The fraction of sp³-hybridized carbons (Fsp3) is 0.889. The molecule has 0 amide bonds. The zero-order chi connectivity index (χ0) is 10.7. The van der Waals surface area contributed by atoms with Crippen LogP contribution >= 0.6 is 0 Å². The Labute approximate surface area is 85.2 Å². The molecule has 0 radical (unpaired) electrons. The lowest BCUT2D eigenvalue weighted by Crippen LogP contribution is -2.56. The number of piperazine rings is 1. The topological polar surface area (TPSA) is 65.1 Å². The molecule has 1 saturated heterocycles. The minimum Gasteiger partial charge on any atom is -0.409 e. The summed E-state index contributed by atoms with van der Waals surface area (Å²) < 4.78 is 0. The minimum atomic E-state index is 0.0173. The molecule has 0 aromatic heterocycles. The van der Waals surface area contributed by atoms with Crippen LogP contribution in [0.25, 0.3) is 0 Å². The van der Waals surface area contributed by atoms with Crippen molar-refractivity contribution in [2.24, 2.45) is 10.9 Å². The molecule has 0 saturated carbocycles. The van der Waals surface area contributed by atoms with Gasteiger partial charge in [-0.25, -0.2) is 0 Å². The molecule has 0 aromatic rings. The molecule has 82 valence electrons. The van der Waals surface area contributed by atoms with Crippen LogP contribution in [0.3, 0.4) is 0 Å². The van der Waals surface area contributed by atoms with E-state index < -0.39 is 0 Å². The second-order valence-electron chi connectivity index (χ2n) is 4.05. The van der Waals surface area contributed by atoms with Crippen molar-refractivity contribution < 1.29 is 5.21 Å². The summed E-state index contributed by atoms with van der Waals surface area (Å²) in [6.07, 6.45) is 0. The second-order valence-corrected chi connectivity index (χ2v) is 4.05. The number of hydrogen-bond acceptors (Lipinski definition) is 4. The molecule has 0 bridgehead atoms. The number of nitrogens with zero attached hydrogens (tertiary/aromatic N) is 3. The predicted octanol–water partition coefficient (Wildman–Crippen LogP) is -0.243. The Morgan fingerprint density at radius 2 is 2.21 bits per heavy atom. The largest absolute Gasteiger partial charge is 0.409 e. The molecule has 2 atom stereocenters. The van der Waals surface area contributed by atoms with E-state index in [9.17, 15) is 0 Å². The van der Waals surface area contributed by atoms with Gasteiger partial charge in [0.15, 0.2) is 5.84 Å². The molecule has 1 fully saturated rings. The van der Waals surface area contributed by atoms with Crippen molar-refractivity contribution in [3.05, 3.63) is 0 Å². The highest BCUT2D eigenvalue weighted by atomic mass is 16.4. The SMILES string of the molecule is CC1CN(C)CCN1C(C)C(N)=NO. The van der Waals surface area contributed by atoms with Gasteiger partial charge in [0, 0.05) is 25.7 Å². The Balaban J connectivity index is 2.60. The average molecular weight is 200 g/mol. The van der Waals surface area contributed by atoms with E-state index in [1.807, 2.05) is 6.92 Å². The molecule has 3 N–H and O–H groups in total. The molecule has 14 heavy (non-hydrogen) atoms. The third-order valence-electron chi connectivity index (χ3n) is 2.92. The Morgan fingerprint density at radius 1 is 1.57 bits per heavy atom. The molecule has 2 unspecified atom stereocenters. The summed E-state index contributed by atoms with van der Waals surface area (Å²) in [6, 6.07) is 0.466.